The molecule has 1 heterocycles. The summed E-state index contributed by atoms with van der Waals surface area (Å²) in [5, 5.41) is 6.17. The molecule has 5 nitrogen and oxygen atoms in total. The molecule has 0 saturated heterocycles. The van der Waals surface area contributed by atoms with Crippen LogP contribution in [0.25, 0.3) is 0 Å². The monoisotopic (exact) mass is 326 g/mol. The molecule has 1 aromatic rings. The number of carbonyl (C=O) groups excluding carboxylic acids is 1. The van der Waals surface area contributed by atoms with E-state index in [1.165, 1.54) is 5.57 Å². The Balaban J connectivity index is 0.00000242. The first kappa shape index (κ1) is 18.3. The van der Waals surface area contributed by atoms with Crippen molar-refractivity contribution in [1.29, 1.82) is 0 Å². The van der Waals surface area contributed by atoms with Gasteiger partial charge in [-0.25, -0.2) is 0 Å². The molecule has 122 valence electrons. The lowest BCUT2D eigenvalue weighted by Gasteiger charge is -2.14. The van der Waals surface area contributed by atoms with Crippen LogP contribution >= 0.6 is 12.4 Å². The molecule has 0 aromatic heterocycles. The van der Waals surface area contributed by atoms with Crippen molar-refractivity contribution in [3.63, 3.8) is 0 Å². The summed E-state index contributed by atoms with van der Waals surface area (Å²) in [6, 6.07) is 7.42. The van der Waals surface area contributed by atoms with Crippen LogP contribution in [-0.2, 0) is 4.79 Å². The van der Waals surface area contributed by atoms with Crippen LogP contribution in [0.2, 0.25) is 0 Å². The molecule has 1 amide bonds. The predicted molar refractivity (Wildman–Crippen MR) is 88.9 cm³/mol. The lowest BCUT2D eigenvalue weighted by Crippen LogP contribution is -2.30. The molecule has 1 aliphatic rings. The van der Waals surface area contributed by atoms with Crippen LogP contribution in [0.5, 0.6) is 11.5 Å². The minimum atomic E-state index is 0. The highest BCUT2D eigenvalue weighted by Crippen LogP contribution is 2.25. The Labute approximate surface area is 137 Å². The number of benzene rings is 1. The van der Waals surface area contributed by atoms with Crippen molar-refractivity contribution in [3.05, 3.63) is 35.9 Å². The van der Waals surface area contributed by atoms with Crippen LogP contribution < -0.4 is 20.1 Å². The molecule has 1 aliphatic heterocycles. The standard InChI is InChI=1S/C16H22N2O3.ClH/c1-20-14-4-2-3-5-15(14)21-11-8-16(19)18-12-13-6-9-17-10-7-13;/h2-6,17H,7-12H2,1H3,(H,18,19);1H. The molecule has 22 heavy (non-hydrogen) atoms. The summed E-state index contributed by atoms with van der Waals surface area (Å²) >= 11 is 0. The zero-order valence-electron chi connectivity index (χ0n) is 12.8. The van der Waals surface area contributed by atoms with Gasteiger partial charge in [-0.2, -0.15) is 0 Å². The van der Waals surface area contributed by atoms with Gasteiger partial charge in [0, 0.05) is 13.1 Å². The van der Waals surface area contributed by atoms with Gasteiger partial charge in [0.2, 0.25) is 5.91 Å². The van der Waals surface area contributed by atoms with Gasteiger partial charge in [0.15, 0.2) is 11.5 Å². The van der Waals surface area contributed by atoms with Crippen molar-refractivity contribution in [1.82, 2.24) is 10.6 Å². The Hall–Kier alpha value is -1.72. The zero-order valence-corrected chi connectivity index (χ0v) is 13.6. The highest BCUT2D eigenvalue weighted by atomic mass is 35.5. The van der Waals surface area contributed by atoms with Gasteiger partial charge in [-0.3, -0.25) is 4.79 Å². The van der Waals surface area contributed by atoms with Crippen molar-refractivity contribution < 1.29 is 14.3 Å². The summed E-state index contributed by atoms with van der Waals surface area (Å²) in [6.45, 7) is 2.85. The SMILES string of the molecule is COc1ccccc1OCCC(=O)NCC1=CCNCC1.Cl. The molecule has 6 heteroatoms. The number of carbonyl (C=O) groups is 1. The minimum Gasteiger partial charge on any atom is -0.493 e. The summed E-state index contributed by atoms with van der Waals surface area (Å²) in [4.78, 5) is 11.8. The van der Waals surface area contributed by atoms with Crippen LogP contribution in [0.1, 0.15) is 12.8 Å². The van der Waals surface area contributed by atoms with Crippen molar-refractivity contribution in [3.8, 4) is 11.5 Å². The van der Waals surface area contributed by atoms with Gasteiger partial charge in [-0.05, 0) is 25.1 Å². The first-order chi connectivity index (χ1) is 10.3. The van der Waals surface area contributed by atoms with E-state index in [2.05, 4.69) is 16.7 Å². The Morgan fingerprint density at radius 2 is 2.09 bits per heavy atom. The number of methoxy groups -OCH3 is 1. The number of halogens is 1. The van der Waals surface area contributed by atoms with Crippen molar-refractivity contribution in [2.45, 2.75) is 12.8 Å². The second-order valence-electron chi connectivity index (χ2n) is 4.84. The molecule has 0 aliphatic carbocycles. The van der Waals surface area contributed by atoms with Gasteiger partial charge in [-0.15, -0.1) is 12.4 Å². The highest BCUT2D eigenvalue weighted by molar-refractivity contribution is 5.85. The molecule has 0 fully saturated rings. The number of nitrogens with one attached hydrogen (secondary N) is 2. The van der Waals surface area contributed by atoms with E-state index in [1.54, 1.807) is 7.11 Å². The first-order valence-corrected chi connectivity index (χ1v) is 7.20. The summed E-state index contributed by atoms with van der Waals surface area (Å²) in [5.74, 6) is 1.34. The Morgan fingerprint density at radius 1 is 1.32 bits per heavy atom. The Kier molecular flexibility index (Phi) is 8.40. The number of para-hydroxylation sites is 2. The predicted octanol–water partition coefficient (Wildman–Crippen LogP) is 1.92. The van der Waals surface area contributed by atoms with Crippen LogP contribution in [-0.4, -0.2) is 39.3 Å². The molecule has 0 bridgehead atoms. The summed E-state index contributed by atoms with van der Waals surface area (Å²) < 4.78 is 10.8. The number of hydrogen-bond acceptors (Lipinski definition) is 4. The lowest BCUT2D eigenvalue weighted by atomic mass is 10.1. The molecular weight excluding hydrogens is 304 g/mol. The maximum atomic E-state index is 11.8. The van der Waals surface area contributed by atoms with Crippen LogP contribution in [0.3, 0.4) is 0 Å². The molecule has 0 saturated carbocycles. The molecule has 0 radical (unpaired) electrons. The third-order valence-corrected chi connectivity index (χ3v) is 3.33. The molecule has 0 atom stereocenters. The topological polar surface area (TPSA) is 59.6 Å². The molecule has 2 N–H and O–H groups in total. The largest absolute Gasteiger partial charge is 0.493 e. The normalized spacial score (nSPS) is 13.6. The van der Waals surface area contributed by atoms with E-state index in [4.69, 9.17) is 9.47 Å². The van der Waals surface area contributed by atoms with Gasteiger partial charge in [-0.1, -0.05) is 23.8 Å². The fraction of sp³-hybridized carbons (Fsp3) is 0.438. The number of hydrogen-bond donors (Lipinski definition) is 2. The summed E-state index contributed by atoms with van der Waals surface area (Å²) in [7, 11) is 1.60. The average Bonchev–Trinajstić information content (AvgIpc) is 2.54. The fourth-order valence-corrected chi connectivity index (χ4v) is 2.12. The van der Waals surface area contributed by atoms with Crippen molar-refractivity contribution in [2.24, 2.45) is 0 Å². The highest BCUT2D eigenvalue weighted by Gasteiger charge is 2.07. The maximum absolute atomic E-state index is 11.8. The fourth-order valence-electron chi connectivity index (χ4n) is 2.12. The average molecular weight is 327 g/mol. The minimum absolute atomic E-state index is 0. The van der Waals surface area contributed by atoms with Crippen molar-refractivity contribution in [2.75, 3.05) is 33.4 Å². The number of ether oxygens (including phenoxy) is 2. The van der Waals surface area contributed by atoms with Gasteiger partial charge >= 0.3 is 0 Å². The van der Waals surface area contributed by atoms with Gasteiger partial charge in [0.05, 0.1) is 20.1 Å². The van der Waals surface area contributed by atoms with E-state index in [-0.39, 0.29) is 18.3 Å². The molecule has 0 unspecified atom stereocenters. The summed E-state index contributed by atoms with van der Waals surface area (Å²) in [5.41, 5.74) is 1.28. The summed E-state index contributed by atoms with van der Waals surface area (Å²) in [6.07, 6.45) is 3.47. The first-order valence-electron chi connectivity index (χ1n) is 7.20. The van der Waals surface area contributed by atoms with Crippen LogP contribution in [0.4, 0.5) is 0 Å². The van der Waals surface area contributed by atoms with Crippen molar-refractivity contribution >= 4 is 18.3 Å². The van der Waals surface area contributed by atoms with E-state index in [1.807, 2.05) is 24.3 Å². The van der Waals surface area contributed by atoms with Crippen LogP contribution in [0.15, 0.2) is 35.9 Å². The molecular formula is C16H23ClN2O3. The van der Waals surface area contributed by atoms with E-state index in [0.29, 0.717) is 31.1 Å². The van der Waals surface area contributed by atoms with Gasteiger partial charge < -0.3 is 20.1 Å². The third-order valence-electron chi connectivity index (χ3n) is 3.33. The molecule has 1 aromatic carbocycles. The maximum Gasteiger partial charge on any atom is 0.223 e. The van der Waals surface area contributed by atoms with Gasteiger partial charge in [0.25, 0.3) is 0 Å². The van der Waals surface area contributed by atoms with E-state index >= 15 is 0 Å². The Morgan fingerprint density at radius 3 is 2.77 bits per heavy atom. The third kappa shape index (κ3) is 5.95. The zero-order chi connectivity index (χ0) is 14.9. The number of amides is 1. The lowest BCUT2D eigenvalue weighted by molar-refractivity contribution is -0.121. The van der Waals surface area contributed by atoms with E-state index in [0.717, 1.165) is 19.5 Å². The molecule has 2 rings (SSSR count). The second-order valence-corrected chi connectivity index (χ2v) is 4.84. The molecule has 0 spiro atoms. The quantitative estimate of drug-likeness (QED) is 0.752. The van der Waals surface area contributed by atoms with Gasteiger partial charge in [0.1, 0.15) is 0 Å². The smallest absolute Gasteiger partial charge is 0.223 e. The second kappa shape index (κ2) is 10.1. The van der Waals surface area contributed by atoms with E-state index in [9.17, 15) is 4.79 Å². The Bertz CT molecular complexity index is 506. The number of rotatable bonds is 7. The van der Waals surface area contributed by atoms with Crippen LogP contribution in [0, 0.1) is 0 Å². The van der Waals surface area contributed by atoms with E-state index < -0.39 is 0 Å².